The first-order valence-corrected chi connectivity index (χ1v) is 7.80. The van der Waals surface area contributed by atoms with Crippen molar-refractivity contribution in [2.75, 3.05) is 6.61 Å². The molecule has 1 aliphatic heterocycles. The highest BCUT2D eigenvalue weighted by atomic mass is 16.5. The van der Waals surface area contributed by atoms with E-state index in [1.807, 2.05) is 18.5 Å². The zero-order valence-electron chi connectivity index (χ0n) is 12.1. The minimum atomic E-state index is 0.160. The van der Waals surface area contributed by atoms with E-state index in [4.69, 9.17) is 10.6 Å². The third kappa shape index (κ3) is 3.03. The van der Waals surface area contributed by atoms with Crippen molar-refractivity contribution in [2.24, 2.45) is 11.8 Å². The monoisotopic (exact) mass is 275 g/mol. The molecule has 2 unspecified atom stereocenters. The second-order valence-electron chi connectivity index (χ2n) is 6.33. The summed E-state index contributed by atoms with van der Waals surface area (Å²) in [6.07, 6.45) is 12.1. The lowest BCUT2D eigenvalue weighted by Gasteiger charge is -2.41. The van der Waals surface area contributed by atoms with E-state index in [1.165, 1.54) is 31.2 Å². The van der Waals surface area contributed by atoms with Crippen LogP contribution in [0.25, 0.3) is 0 Å². The Balaban J connectivity index is 1.66. The molecule has 4 heteroatoms. The van der Waals surface area contributed by atoms with Gasteiger partial charge in [0.1, 0.15) is 0 Å². The van der Waals surface area contributed by atoms with Crippen molar-refractivity contribution in [2.45, 2.75) is 56.6 Å². The maximum absolute atomic E-state index is 6.12. The molecule has 20 heavy (non-hydrogen) atoms. The molecular weight excluding hydrogens is 250 g/mol. The molecule has 2 fully saturated rings. The fourth-order valence-electron chi connectivity index (χ4n) is 3.91. The minimum absolute atomic E-state index is 0.160. The van der Waals surface area contributed by atoms with Gasteiger partial charge < -0.3 is 4.74 Å². The summed E-state index contributed by atoms with van der Waals surface area (Å²) in [4.78, 5) is 4.19. The van der Waals surface area contributed by atoms with Crippen LogP contribution in [-0.2, 0) is 11.2 Å². The van der Waals surface area contributed by atoms with E-state index < -0.39 is 0 Å². The van der Waals surface area contributed by atoms with Crippen LogP contribution in [-0.4, -0.2) is 23.2 Å². The number of nitrogens with zero attached hydrogens (tertiary/aromatic N) is 1. The molecule has 3 rings (SSSR count). The van der Waals surface area contributed by atoms with Gasteiger partial charge in [-0.3, -0.25) is 16.3 Å². The quantitative estimate of drug-likeness (QED) is 0.653. The van der Waals surface area contributed by atoms with Gasteiger partial charge in [-0.1, -0.05) is 18.9 Å². The standard InChI is InChI=1S/C16H25N3O/c17-19-15(10-13-4-3-8-18-12-13)14-5-9-20-16(11-14)6-1-2-7-16/h3-4,8,12,14-15,19H,1-2,5-7,9-11,17H2. The summed E-state index contributed by atoms with van der Waals surface area (Å²) in [6.45, 7) is 0.885. The number of nitrogens with two attached hydrogens (primary N) is 1. The topological polar surface area (TPSA) is 60.2 Å². The lowest BCUT2D eigenvalue weighted by Crippen LogP contribution is -2.48. The van der Waals surface area contributed by atoms with Gasteiger partial charge >= 0.3 is 0 Å². The maximum Gasteiger partial charge on any atom is 0.0685 e. The summed E-state index contributed by atoms with van der Waals surface area (Å²) >= 11 is 0. The molecule has 2 heterocycles. The number of ether oxygens (including phenoxy) is 1. The molecule has 0 amide bonds. The average molecular weight is 275 g/mol. The lowest BCUT2D eigenvalue weighted by molar-refractivity contribution is -0.0978. The summed E-state index contributed by atoms with van der Waals surface area (Å²) in [5, 5.41) is 0. The number of aromatic nitrogens is 1. The van der Waals surface area contributed by atoms with E-state index >= 15 is 0 Å². The van der Waals surface area contributed by atoms with Crippen LogP contribution in [0.2, 0.25) is 0 Å². The van der Waals surface area contributed by atoms with Crippen LogP contribution in [0.1, 0.15) is 44.1 Å². The highest BCUT2D eigenvalue weighted by molar-refractivity contribution is 5.11. The van der Waals surface area contributed by atoms with Crippen LogP contribution in [0.4, 0.5) is 0 Å². The molecule has 0 aromatic carbocycles. The van der Waals surface area contributed by atoms with Crippen LogP contribution in [0, 0.1) is 5.92 Å². The summed E-state index contributed by atoms with van der Waals surface area (Å²) in [5.74, 6) is 6.43. The molecular formula is C16H25N3O. The number of hydrazine groups is 1. The predicted molar refractivity (Wildman–Crippen MR) is 78.9 cm³/mol. The van der Waals surface area contributed by atoms with Crippen molar-refractivity contribution in [3.63, 3.8) is 0 Å². The van der Waals surface area contributed by atoms with Gasteiger partial charge in [-0.25, -0.2) is 0 Å². The van der Waals surface area contributed by atoms with E-state index in [0.717, 1.165) is 25.9 Å². The van der Waals surface area contributed by atoms with Crippen LogP contribution in [0.5, 0.6) is 0 Å². The van der Waals surface area contributed by atoms with E-state index in [0.29, 0.717) is 12.0 Å². The smallest absolute Gasteiger partial charge is 0.0685 e. The first-order chi connectivity index (χ1) is 9.81. The molecule has 1 saturated carbocycles. The Bertz CT molecular complexity index is 417. The Hall–Kier alpha value is -0.970. The molecule has 1 aliphatic carbocycles. The zero-order valence-corrected chi connectivity index (χ0v) is 12.1. The van der Waals surface area contributed by atoms with Gasteiger partial charge in [0.05, 0.1) is 5.60 Å². The normalized spacial score (nSPS) is 26.8. The van der Waals surface area contributed by atoms with Crippen molar-refractivity contribution in [3.8, 4) is 0 Å². The molecule has 1 spiro atoms. The number of hydrogen-bond acceptors (Lipinski definition) is 4. The number of hydrogen-bond donors (Lipinski definition) is 2. The summed E-state index contributed by atoms with van der Waals surface area (Å²) < 4.78 is 6.12. The van der Waals surface area contributed by atoms with Crippen LogP contribution < -0.4 is 11.3 Å². The fraction of sp³-hybridized carbons (Fsp3) is 0.688. The molecule has 1 aromatic heterocycles. The molecule has 3 N–H and O–H groups in total. The van der Waals surface area contributed by atoms with Gasteiger partial charge in [0, 0.05) is 25.0 Å². The van der Waals surface area contributed by atoms with Crippen molar-refractivity contribution >= 4 is 0 Å². The largest absolute Gasteiger partial charge is 0.375 e. The Morgan fingerprint density at radius 3 is 3.00 bits per heavy atom. The van der Waals surface area contributed by atoms with Gasteiger partial charge in [0.15, 0.2) is 0 Å². The Morgan fingerprint density at radius 1 is 1.45 bits per heavy atom. The lowest BCUT2D eigenvalue weighted by atomic mass is 9.79. The zero-order chi connectivity index (χ0) is 13.8. The Morgan fingerprint density at radius 2 is 2.30 bits per heavy atom. The Labute approximate surface area is 121 Å². The van der Waals surface area contributed by atoms with Gasteiger partial charge in [-0.15, -0.1) is 0 Å². The number of pyridine rings is 1. The van der Waals surface area contributed by atoms with E-state index in [2.05, 4.69) is 16.5 Å². The Kier molecular flexibility index (Phi) is 4.34. The third-order valence-electron chi connectivity index (χ3n) is 5.01. The first kappa shape index (κ1) is 14.0. The summed E-state index contributed by atoms with van der Waals surface area (Å²) in [7, 11) is 0. The molecule has 1 aromatic rings. The molecule has 2 aliphatic rings. The highest BCUT2D eigenvalue weighted by Crippen LogP contribution is 2.43. The van der Waals surface area contributed by atoms with Crippen LogP contribution >= 0.6 is 0 Å². The molecule has 110 valence electrons. The number of rotatable bonds is 4. The summed E-state index contributed by atoms with van der Waals surface area (Å²) in [5.41, 5.74) is 4.46. The van der Waals surface area contributed by atoms with Crippen molar-refractivity contribution in [1.82, 2.24) is 10.4 Å². The van der Waals surface area contributed by atoms with E-state index in [-0.39, 0.29) is 5.60 Å². The van der Waals surface area contributed by atoms with Gasteiger partial charge in [-0.2, -0.15) is 0 Å². The van der Waals surface area contributed by atoms with Crippen LogP contribution in [0.15, 0.2) is 24.5 Å². The average Bonchev–Trinajstić information content (AvgIpc) is 2.93. The molecule has 4 nitrogen and oxygen atoms in total. The maximum atomic E-state index is 6.12. The van der Waals surface area contributed by atoms with Crippen molar-refractivity contribution < 1.29 is 4.74 Å². The van der Waals surface area contributed by atoms with Gasteiger partial charge in [0.25, 0.3) is 0 Å². The molecule has 1 saturated heterocycles. The molecule has 0 radical (unpaired) electrons. The predicted octanol–water partition coefficient (Wildman–Crippen LogP) is 2.20. The minimum Gasteiger partial charge on any atom is -0.375 e. The van der Waals surface area contributed by atoms with E-state index in [1.54, 1.807) is 0 Å². The third-order valence-corrected chi connectivity index (χ3v) is 5.01. The molecule has 0 bridgehead atoms. The molecule has 2 atom stereocenters. The SMILES string of the molecule is NNC(Cc1cccnc1)C1CCOC2(CCCC2)C1. The second-order valence-corrected chi connectivity index (χ2v) is 6.33. The van der Waals surface area contributed by atoms with Gasteiger partial charge in [-0.05, 0) is 49.7 Å². The van der Waals surface area contributed by atoms with Crippen molar-refractivity contribution in [3.05, 3.63) is 30.1 Å². The first-order valence-electron chi connectivity index (χ1n) is 7.80. The fourth-order valence-corrected chi connectivity index (χ4v) is 3.91. The second kappa shape index (κ2) is 6.20. The summed E-state index contributed by atoms with van der Waals surface area (Å²) in [6, 6.07) is 4.44. The highest BCUT2D eigenvalue weighted by Gasteiger charge is 2.41. The van der Waals surface area contributed by atoms with Crippen molar-refractivity contribution in [1.29, 1.82) is 0 Å². The van der Waals surface area contributed by atoms with E-state index in [9.17, 15) is 0 Å². The van der Waals surface area contributed by atoms with Crippen LogP contribution in [0.3, 0.4) is 0 Å². The van der Waals surface area contributed by atoms with Gasteiger partial charge in [0.2, 0.25) is 0 Å². The number of nitrogens with one attached hydrogen (secondary N) is 1.